The van der Waals surface area contributed by atoms with Gasteiger partial charge in [-0.1, -0.05) is 5.57 Å². The van der Waals surface area contributed by atoms with E-state index in [0.29, 0.717) is 6.61 Å². The number of aliphatic imine (C=N–C) groups is 1. The zero-order valence-electron chi connectivity index (χ0n) is 9.78. The zero-order chi connectivity index (χ0) is 11.2. The number of allylic oxidation sites excluding steroid dienone is 1. The van der Waals surface area contributed by atoms with E-state index < -0.39 is 0 Å². The molecular weight excluding hydrogens is 206 g/mol. The maximum absolute atomic E-state index is 5.59. The van der Waals surface area contributed by atoms with Crippen LogP contribution in [0.5, 0.6) is 0 Å². The molecule has 1 saturated heterocycles. The average molecular weight is 225 g/mol. The van der Waals surface area contributed by atoms with Crippen molar-refractivity contribution < 1.29 is 14.2 Å². The van der Waals surface area contributed by atoms with E-state index in [-0.39, 0.29) is 6.29 Å². The van der Waals surface area contributed by atoms with Gasteiger partial charge < -0.3 is 14.2 Å². The average Bonchev–Trinajstić information content (AvgIpc) is 2.80. The minimum atomic E-state index is -0.0148. The topological polar surface area (TPSA) is 40.0 Å². The Labute approximate surface area is 96.3 Å². The summed E-state index contributed by atoms with van der Waals surface area (Å²) >= 11 is 0. The summed E-state index contributed by atoms with van der Waals surface area (Å²) in [5.41, 5.74) is 1.32. The van der Waals surface area contributed by atoms with Gasteiger partial charge in [-0.3, -0.25) is 0 Å². The number of nitrogens with zero attached hydrogens (tertiary/aromatic N) is 1. The van der Waals surface area contributed by atoms with Gasteiger partial charge in [0.25, 0.3) is 0 Å². The molecule has 0 aromatic rings. The highest BCUT2D eigenvalue weighted by atomic mass is 16.7. The highest BCUT2D eigenvalue weighted by Crippen LogP contribution is 2.13. The van der Waals surface area contributed by atoms with E-state index in [1.54, 1.807) is 0 Å². The van der Waals surface area contributed by atoms with Crippen LogP contribution in [0.1, 0.15) is 32.6 Å². The number of hydrogen-bond donors (Lipinski definition) is 0. The third-order valence-corrected chi connectivity index (χ3v) is 2.71. The van der Waals surface area contributed by atoms with E-state index in [4.69, 9.17) is 14.2 Å². The lowest BCUT2D eigenvalue weighted by Crippen LogP contribution is -2.12. The molecule has 0 aliphatic carbocycles. The fraction of sp³-hybridized carbons (Fsp3) is 0.750. The lowest BCUT2D eigenvalue weighted by atomic mass is 10.1. The summed E-state index contributed by atoms with van der Waals surface area (Å²) in [6.07, 6.45) is 5.72. The number of ether oxygens (including phenoxy) is 3. The highest BCUT2D eigenvalue weighted by Gasteiger charge is 2.15. The molecule has 0 aromatic heterocycles. The highest BCUT2D eigenvalue weighted by molar-refractivity contribution is 5.77. The van der Waals surface area contributed by atoms with Crippen LogP contribution in [-0.2, 0) is 14.2 Å². The Kier molecular flexibility index (Phi) is 4.36. The Bertz CT molecular complexity index is 280. The van der Waals surface area contributed by atoms with Crippen molar-refractivity contribution in [3.05, 3.63) is 11.8 Å². The molecule has 0 amide bonds. The zero-order valence-corrected chi connectivity index (χ0v) is 9.78. The van der Waals surface area contributed by atoms with Crippen LogP contribution in [0.25, 0.3) is 0 Å². The van der Waals surface area contributed by atoms with E-state index in [1.165, 1.54) is 5.57 Å². The van der Waals surface area contributed by atoms with E-state index in [1.807, 2.05) is 6.20 Å². The molecule has 0 saturated carbocycles. The van der Waals surface area contributed by atoms with Crippen molar-refractivity contribution in [3.8, 4) is 0 Å². The molecule has 0 unspecified atom stereocenters. The summed E-state index contributed by atoms with van der Waals surface area (Å²) in [6, 6.07) is 0. The van der Waals surface area contributed by atoms with Gasteiger partial charge in [-0.15, -0.1) is 0 Å². The first-order valence-electron chi connectivity index (χ1n) is 5.93. The second-order valence-corrected chi connectivity index (χ2v) is 4.16. The van der Waals surface area contributed by atoms with Crippen LogP contribution in [0.3, 0.4) is 0 Å². The van der Waals surface area contributed by atoms with Gasteiger partial charge >= 0.3 is 0 Å². The summed E-state index contributed by atoms with van der Waals surface area (Å²) in [5.74, 6) is 0.860. The Morgan fingerprint density at radius 3 is 2.88 bits per heavy atom. The van der Waals surface area contributed by atoms with Crippen molar-refractivity contribution in [2.75, 3.05) is 19.8 Å². The maximum atomic E-state index is 5.59. The molecule has 2 rings (SSSR count). The molecule has 0 radical (unpaired) electrons. The molecule has 0 atom stereocenters. The van der Waals surface area contributed by atoms with Crippen LogP contribution in [-0.4, -0.2) is 32.0 Å². The van der Waals surface area contributed by atoms with Gasteiger partial charge in [0.15, 0.2) is 12.2 Å². The third-order valence-electron chi connectivity index (χ3n) is 2.71. The van der Waals surface area contributed by atoms with Gasteiger partial charge in [0, 0.05) is 19.0 Å². The van der Waals surface area contributed by atoms with Crippen molar-refractivity contribution in [2.45, 2.75) is 38.9 Å². The fourth-order valence-corrected chi connectivity index (χ4v) is 1.74. The first-order chi connectivity index (χ1) is 7.84. The summed E-state index contributed by atoms with van der Waals surface area (Å²) in [5, 5.41) is 0. The van der Waals surface area contributed by atoms with Gasteiger partial charge in [0.2, 0.25) is 0 Å². The molecule has 2 heterocycles. The quantitative estimate of drug-likeness (QED) is 0.689. The Balaban J connectivity index is 1.57. The monoisotopic (exact) mass is 225 g/mol. The smallest absolute Gasteiger partial charge is 0.188 e. The summed E-state index contributed by atoms with van der Waals surface area (Å²) in [7, 11) is 0. The minimum Gasteiger partial charge on any atom is -0.481 e. The van der Waals surface area contributed by atoms with Gasteiger partial charge in [0.1, 0.15) is 0 Å². The molecule has 0 spiro atoms. The van der Waals surface area contributed by atoms with Crippen molar-refractivity contribution in [1.29, 1.82) is 0 Å². The van der Waals surface area contributed by atoms with Gasteiger partial charge in [-0.05, 0) is 19.8 Å². The second-order valence-electron chi connectivity index (χ2n) is 4.16. The summed E-state index contributed by atoms with van der Waals surface area (Å²) in [6.45, 7) is 4.24. The lowest BCUT2D eigenvalue weighted by molar-refractivity contribution is -0.0495. The molecule has 0 aromatic carbocycles. The van der Waals surface area contributed by atoms with Crippen LogP contribution in [0.15, 0.2) is 16.8 Å². The third kappa shape index (κ3) is 3.61. The van der Waals surface area contributed by atoms with Gasteiger partial charge in [-0.25, -0.2) is 4.99 Å². The minimum absolute atomic E-state index is 0.0148. The SMILES string of the molecule is CC1=CN=C(OCCCC2OCCO2)CC1. The molecule has 4 nitrogen and oxygen atoms in total. The Morgan fingerprint density at radius 1 is 1.38 bits per heavy atom. The molecule has 16 heavy (non-hydrogen) atoms. The first-order valence-corrected chi connectivity index (χ1v) is 5.93. The first kappa shape index (κ1) is 11.6. The van der Waals surface area contributed by atoms with Crippen LogP contribution in [0.2, 0.25) is 0 Å². The van der Waals surface area contributed by atoms with Gasteiger partial charge in [0.05, 0.1) is 19.8 Å². The summed E-state index contributed by atoms with van der Waals surface area (Å²) < 4.78 is 16.3. The van der Waals surface area contributed by atoms with Crippen molar-refractivity contribution in [1.82, 2.24) is 0 Å². The van der Waals surface area contributed by atoms with Crippen molar-refractivity contribution in [2.24, 2.45) is 4.99 Å². The number of rotatable bonds is 4. The standard InChI is InChI=1S/C12H19NO3/c1-10-4-5-11(13-9-10)14-6-2-3-12-15-7-8-16-12/h9,12H,2-8H2,1H3. The van der Waals surface area contributed by atoms with Crippen LogP contribution >= 0.6 is 0 Å². The predicted molar refractivity (Wildman–Crippen MR) is 61.3 cm³/mol. The Hall–Kier alpha value is -0.870. The van der Waals surface area contributed by atoms with E-state index in [0.717, 1.165) is 44.8 Å². The Morgan fingerprint density at radius 2 is 2.19 bits per heavy atom. The molecule has 1 fully saturated rings. The largest absolute Gasteiger partial charge is 0.481 e. The van der Waals surface area contributed by atoms with Gasteiger partial charge in [-0.2, -0.15) is 0 Å². The van der Waals surface area contributed by atoms with E-state index >= 15 is 0 Å². The molecule has 4 heteroatoms. The second kappa shape index (κ2) is 6.01. The van der Waals surface area contributed by atoms with Crippen molar-refractivity contribution >= 4 is 5.90 Å². The van der Waals surface area contributed by atoms with Crippen LogP contribution in [0.4, 0.5) is 0 Å². The summed E-state index contributed by atoms with van der Waals surface area (Å²) in [4.78, 5) is 4.25. The normalized spacial score (nSPS) is 21.8. The number of hydrogen-bond acceptors (Lipinski definition) is 4. The molecule has 0 N–H and O–H groups in total. The fourth-order valence-electron chi connectivity index (χ4n) is 1.74. The predicted octanol–water partition coefficient (Wildman–Crippen LogP) is 2.25. The molecule has 2 aliphatic rings. The molecule has 2 aliphatic heterocycles. The van der Waals surface area contributed by atoms with Crippen molar-refractivity contribution in [3.63, 3.8) is 0 Å². The molecular formula is C12H19NO3. The molecule has 90 valence electrons. The van der Waals surface area contributed by atoms with E-state index in [9.17, 15) is 0 Å². The van der Waals surface area contributed by atoms with Crippen LogP contribution in [0, 0.1) is 0 Å². The molecule has 0 bridgehead atoms. The lowest BCUT2D eigenvalue weighted by Gasteiger charge is -2.13. The van der Waals surface area contributed by atoms with E-state index in [2.05, 4.69) is 11.9 Å². The van der Waals surface area contributed by atoms with Crippen LogP contribution < -0.4 is 0 Å². The maximum Gasteiger partial charge on any atom is 0.188 e.